The molecule has 1 N–H and O–H groups in total. The first-order valence-corrected chi connectivity index (χ1v) is 10.9. The van der Waals surface area contributed by atoms with Crippen molar-refractivity contribution in [3.8, 4) is 5.75 Å². The Bertz CT molecular complexity index is 1000. The van der Waals surface area contributed by atoms with Crippen LogP contribution in [0.5, 0.6) is 5.75 Å². The molecule has 6 nitrogen and oxygen atoms in total. The lowest BCUT2D eigenvalue weighted by molar-refractivity contribution is -0.131. The van der Waals surface area contributed by atoms with E-state index in [1.165, 1.54) is 0 Å². The molecule has 0 bridgehead atoms. The molecule has 0 radical (unpaired) electrons. The predicted octanol–water partition coefficient (Wildman–Crippen LogP) is 3.92. The van der Waals surface area contributed by atoms with Crippen LogP contribution in [-0.2, 0) is 9.53 Å². The second-order valence-electron chi connectivity index (χ2n) is 7.37. The Morgan fingerprint density at radius 1 is 1.13 bits per heavy atom. The number of carbonyl (C=O) groups is 1. The van der Waals surface area contributed by atoms with Crippen LogP contribution in [0.1, 0.15) is 18.5 Å². The Morgan fingerprint density at radius 2 is 1.77 bits per heavy atom. The Kier molecular flexibility index (Phi) is 6.46. The van der Waals surface area contributed by atoms with Crippen molar-refractivity contribution in [1.29, 1.82) is 0 Å². The van der Waals surface area contributed by atoms with Crippen LogP contribution in [0, 0.1) is 0 Å². The number of hydrogen-bond acceptors (Lipinski definition) is 4. The van der Waals surface area contributed by atoms with Crippen LogP contribution in [0.4, 0.5) is 5.69 Å². The number of amides is 1. The lowest BCUT2D eigenvalue weighted by Gasteiger charge is -2.40. The number of hydrogen-bond donors (Lipinski definition) is 1. The van der Waals surface area contributed by atoms with Crippen molar-refractivity contribution in [3.63, 3.8) is 0 Å². The fraction of sp³-hybridized carbons (Fsp3) is 0.304. The van der Waals surface area contributed by atoms with Gasteiger partial charge in [0.05, 0.1) is 31.9 Å². The summed E-state index contributed by atoms with van der Waals surface area (Å²) in [6.45, 7) is 4.15. The van der Waals surface area contributed by atoms with Crippen molar-refractivity contribution in [2.24, 2.45) is 0 Å². The summed E-state index contributed by atoms with van der Waals surface area (Å²) < 4.78 is 10.7. The van der Waals surface area contributed by atoms with Gasteiger partial charge in [-0.25, -0.2) is 0 Å². The van der Waals surface area contributed by atoms with Crippen LogP contribution in [0.25, 0.3) is 0 Å². The van der Waals surface area contributed by atoms with Crippen molar-refractivity contribution in [2.75, 3.05) is 38.3 Å². The van der Waals surface area contributed by atoms with E-state index in [-0.39, 0.29) is 11.9 Å². The maximum atomic E-state index is 13.7. The van der Waals surface area contributed by atoms with Gasteiger partial charge in [-0.15, -0.1) is 0 Å². The molecule has 8 heteroatoms. The molecule has 4 rings (SSSR count). The zero-order valence-corrected chi connectivity index (χ0v) is 19.0. The highest BCUT2D eigenvalue weighted by atomic mass is 35.5. The van der Waals surface area contributed by atoms with Gasteiger partial charge in [0, 0.05) is 29.5 Å². The largest absolute Gasteiger partial charge is 0.497 e. The maximum Gasteiger partial charge on any atom is 0.254 e. The van der Waals surface area contributed by atoms with E-state index in [1.807, 2.05) is 65.3 Å². The highest BCUT2D eigenvalue weighted by Crippen LogP contribution is 2.35. The average molecular weight is 458 g/mol. The molecule has 0 saturated carbocycles. The van der Waals surface area contributed by atoms with Crippen molar-refractivity contribution in [1.82, 2.24) is 10.2 Å². The van der Waals surface area contributed by atoms with E-state index < -0.39 is 0 Å². The summed E-state index contributed by atoms with van der Waals surface area (Å²) in [6, 6.07) is 14.7. The van der Waals surface area contributed by atoms with Crippen LogP contribution < -0.4 is 15.0 Å². The topological polar surface area (TPSA) is 54.0 Å². The summed E-state index contributed by atoms with van der Waals surface area (Å²) >= 11 is 11.8. The third-order valence-corrected chi connectivity index (χ3v) is 6.10. The van der Waals surface area contributed by atoms with E-state index >= 15 is 0 Å². The van der Waals surface area contributed by atoms with Gasteiger partial charge in [-0.3, -0.25) is 9.69 Å². The summed E-state index contributed by atoms with van der Waals surface area (Å²) in [5.41, 5.74) is 3.24. The van der Waals surface area contributed by atoms with Crippen LogP contribution in [0.3, 0.4) is 0 Å². The summed E-state index contributed by atoms with van der Waals surface area (Å²) in [7, 11) is 1.63. The number of allylic oxidation sites excluding steroid dienone is 1. The molecule has 0 aliphatic carbocycles. The zero-order valence-electron chi connectivity index (χ0n) is 17.4. The van der Waals surface area contributed by atoms with Crippen LogP contribution >= 0.6 is 23.8 Å². The number of carbonyl (C=O) groups excluding carboxylic acids is 1. The Labute approximate surface area is 192 Å². The number of methoxy groups -OCH3 is 1. The zero-order chi connectivity index (χ0) is 22.0. The Balaban J connectivity index is 1.79. The fourth-order valence-electron chi connectivity index (χ4n) is 3.90. The highest BCUT2D eigenvalue weighted by molar-refractivity contribution is 7.80. The smallest absolute Gasteiger partial charge is 0.254 e. The summed E-state index contributed by atoms with van der Waals surface area (Å²) in [4.78, 5) is 17.4. The minimum absolute atomic E-state index is 0.0192. The molecule has 1 saturated heterocycles. The second-order valence-corrected chi connectivity index (χ2v) is 8.19. The molecule has 1 amide bonds. The molecule has 0 spiro atoms. The van der Waals surface area contributed by atoms with Crippen molar-refractivity contribution in [3.05, 3.63) is 70.4 Å². The van der Waals surface area contributed by atoms with Crippen LogP contribution in [-0.4, -0.2) is 49.3 Å². The second kappa shape index (κ2) is 9.26. The molecular weight excluding hydrogens is 434 g/mol. The van der Waals surface area contributed by atoms with Gasteiger partial charge in [-0.2, -0.15) is 0 Å². The first kappa shape index (κ1) is 21.6. The highest BCUT2D eigenvalue weighted by Gasteiger charge is 2.36. The number of morpholine rings is 1. The van der Waals surface area contributed by atoms with Crippen molar-refractivity contribution < 1.29 is 14.3 Å². The lowest BCUT2D eigenvalue weighted by Crippen LogP contribution is -2.51. The van der Waals surface area contributed by atoms with E-state index in [4.69, 9.17) is 33.3 Å². The van der Waals surface area contributed by atoms with Gasteiger partial charge in [0.1, 0.15) is 5.75 Å². The van der Waals surface area contributed by atoms with Crippen LogP contribution in [0.15, 0.2) is 59.8 Å². The molecule has 0 aromatic heterocycles. The predicted molar refractivity (Wildman–Crippen MR) is 125 cm³/mol. The van der Waals surface area contributed by atoms with E-state index in [0.29, 0.717) is 42.0 Å². The van der Waals surface area contributed by atoms with E-state index in [0.717, 1.165) is 22.7 Å². The van der Waals surface area contributed by atoms with E-state index in [9.17, 15) is 4.79 Å². The molecule has 2 aliphatic heterocycles. The van der Waals surface area contributed by atoms with Gasteiger partial charge < -0.3 is 19.7 Å². The molecule has 2 heterocycles. The molecule has 1 atom stereocenters. The standard InChI is InChI=1S/C23H24ClN3O3S/c1-15-20(22(28)26-11-13-30-14-12-26)21(16-3-5-17(24)6-4-16)25-23(31)27(15)18-7-9-19(29-2)10-8-18/h3-10,21H,11-14H2,1-2H3,(H,25,31). The van der Waals surface area contributed by atoms with Crippen LogP contribution in [0.2, 0.25) is 5.02 Å². The third kappa shape index (κ3) is 4.39. The van der Waals surface area contributed by atoms with Gasteiger partial charge in [-0.05, 0) is 61.1 Å². The number of anilines is 1. The van der Waals surface area contributed by atoms with E-state index in [1.54, 1.807) is 7.11 Å². The van der Waals surface area contributed by atoms with Gasteiger partial charge in [-0.1, -0.05) is 23.7 Å². The molecular formula is C23H24ClN3O3S. The molecule has 1 fully saturated rings. The first-order valence-electron chi connectivity index (χ1n) is 10.1. The molecule has 1 unspecified atom stereocenters. The quantitative estimate of drug-likeness (QED) is 0.702. The maximum absolute atomic E-state index is 13.7. The normalized spacial score (nSPS) is 19.3. The lowest BCUT2D eigenvalue weighted by atomic mass is 9.93. The Morgan fingerprint density at radius 3 is 2.39 bits per heavy atom. The van der Waals surface area contributed by atoms with E-state index in [2.05, 4.69) is 5.32 Å². The van der Waals surface area contributed by atoms with Gasteiger partial charge in [0.2, 0.25) is 0 Å². The Hall–Kier alpha value is -2.61. The number of nitrogens with zero attached hydrogens (tertiary/aromatic N) is 2. The molecule has 2 aromatic carbocycles. The van der Waals surface area contributed by atoms with Crippen molar-refractivity contribution >= 4 is 40.5 Å². The minimum atomic E-state index is -0.366. The van der Waals surface area contributed by atoms with Gasteiger partial charge in [0.25, 0.3) is 5.91 Å². The fourth-order valence-corrected chi connectivity index (χ4v) is 4.39. The SMILES string of the molecule is COc1ccc(N2C(=S)NC(c3ccc(Cl)cc3)C(C(=O)N3CCOCC3)=C2C)cc1. The summed E-state index contributed by atoms with van der Waals surface area (Å²) in [5, 5.41) is 4.55. The summed E-state index contributed by atoms with van der Waals surface area (Å²) in [6.07, 6.45) is 0. The summed E-state index contributed by atoms with van der Waals surface area (Å²) in [5.74, 6) is 0.735. The molecule has 2 aromatic rings. The number of thiocarbonyl (C=S) groups is 1. The average Bonchev–Trinajstić information content (AvgIpc) is 2.80. The number of nitrogens with one attached hydrogen (secondary N) is 1. The minimum Gasteiger partial charge on any atom is -0.497 e. The third-order valence-electron chi connectivity index (χ3n) is 5.55. The number of rotatable bonds is 4. The molecule has 162 valence electrons. The number of ether oxygens (including phenoxy) is 2. The van der Waals surface area contributed by atoms with Crippen molar-refractivity contribution in [2.45, 2.75) is 13.0 Å². The first-order chi connectivity index (χ1) is 15.0. The number of halogens is 1. The van der Waals surface area contributed by atoms with Gasteiger partial charge >= 0.3 is 0 Å². The number of benzene rings is 2. The molecule has 2 aliphatic rings. The molecule has 31 heavy (non-hydrogen) atoms. The monoisotopic (exact) mass is 457 g/mol. The van der Waals surface area contributed by atoms with Gasteiger partial charge in [0.15, 0.2) is 5.11 Å².